The van der Waals surface area contributed by atoms with Crippen molar-refractivity contribution >= 4 is 62.4 Å². The Morgan fingerprint density at radius 1 is 0.938 bits per heavy atom. The number of hydrogen-bond acceptors (Lipinski definition) is 12. The van der Waals surface area contributed by atoms with E-state index in [4.69, 9.17) is 13.9 Å². The number of phenolic OH excluding ortho intramolecular Hbond substituents is 1. The Bertz CT molecular complexity index is 2480. The Kier molecular flexibility index (Phi) is 13.5. The summed E-state index contributed by atoms with van der Waals surface area (Å²) >= 11 is 0. The lowest BCUT2D eigenvalue weighted by molar-refractivity contribution is -0.155. The van der Waals surface area contributed by atoms with E-state index in [0.717, 1.165) is 33.4 Å². The van der Waals surface area contributed by atoms with E-state index in [1.165, 1.54) is 26.7 Å². The van der Waals surface area contributed by atoms with Crippen LogP contribution < -0.4 is 25.7 Å². The highest BCUT2D eigenvalue weighted by Gasteiger charge is 2.49. The van der Waals surface area contributed by atoms with Gasteiger partial charge in [0, 0.05) is 29.6 Å². The van der Waals surface area contributed by atoms with Crippen molar-refractivity contribution in [3.63, 3.8) is 0 Å². The summed E-state index contributed by atoms with van der Waals surface area (Å²) in [5.41, 5.74) is 13.2. The average Bonchev–Trinajstić information content (AvgIpc) is 3.85. The zero-order valence-electron chi connectivity index (χ0n) is 38.3. The second-order valence-electron chi connectivity index (χ2n) is 18.6. The van der Waals surface area contributed by atoms with Gasteiger partial charge in [-0.05, 0) is 89.0 Å². The second-order valence-corrected chi connectivity index (χ2v) is 23.4. The van der Waals surface area contributed by atoms with Gasteiger partial charge < -0.3 is 44.3 Å². The molecule has 4 aromatic carbocycles. The summed E-state index contributed by atoms with van der Waals surface area (Å²) in [6.07, 6.45) is 2.09. The Labute approximate surface area is 382 Å². The molecule has 7 rings (SSSR count). The molecule has 4 atom stereocenters. The van der Waals surface area contributed by atoms with Gasteiger partial charge in [0.2, 0.25) is 5.91 Å². The number of fused-ring (bicyclic) bond motifs is 5. The summed E-state index contributed by atoms with van der Waals surface area (Å²) in [6.45, 7) is 15.7. The van der Waals surface area contributed by atoms with Gasteiger partial charge in [0.15, 0.2) is 19.8 Å². The minimum atomic E-state index is -2.52. The van der Waals surface area contributed by atoms with Gasteiger partial charge in [-0.1, -0.05) is 95.3 Å². The van der Waals surface area contributed by atoms with E-state index in [-0.39, 0.29) is 40.5 Å². The summed E-state index contributed by atoms with van der Waals surface area (Å²) in [5.74, 6) is -3.31. The number of anilines is 2. The van der Waals surface area contributed by atoms with Crippen LogP contribution in [-0.4, -0.2) is 93.6 Å². The van der Waals surface area contributed by atoms with E-state index >= 15 is 0 Å². The van der Waals surface area contributed by atoms with Crippen LogP contribution in [0.1, 0.15) is 80.9 Å². The van der Waals surface area contributed by atoms with Gasteiger partial charge in [0.25, 0.3) is 11.7 Å². The van der Waals surface area contributed by atoms with Crippen molar-refractivity contribution in [3.8, 4) is 22.6 Å². The summed E-state index contributed by atoms with van der Waals surface area (Å²) in [4.78, 5) is 69.9. The number of ether oxygens (including phenoxy) is 2. The number of carbonyl (C=O) groups is 5. The number of amides is 2. The summed E-state index contributed by atoms with van der Waals surface area (Å²) in [7, 11) is 0.235. The van der Waals surface area contributed by atoms with Crippen LogP contribution in [0.5, 0.6) is 11.5 Å². The molecule has 65 heavy (non-hydrogen) atoms. The van der Waals surface area contributed by atoms with Crippen LogP contribution in [-0.2, 0) is 28.3 Å². The van der Waals surface area contributed by atoms with Crippen LogP contribution in [0.2, 0.25) is 18.1 Å². The molecular formula is C49H57BN5O9Si. The van der Waals surface area contributed by atoms with Crippen LogP contribution in [0.4, 0.5) is 11.4 Å². The predicted molar refractivity (Wildman–Crippen MR) is 253 cm³/mol. The first-order valence-electron chi connectivity index (χ1n) is 21.9. The maximum absolute atomic E-state index is 14.4. The number of hydrazine groups is 1. The molecule has 1 radical (unpaired) electrons. The normalized spacial score (nSPS) is 17.8. The highest BCUT2D eigenvalue weighted by Crippen LogP contribution is 2.47. The van der Waals surface area contributed by atoms with Gasteiger partial charge in [0.1, 0.15) is 31.1 Å². The third-order valence-electron chi connectivity index (χ3n) is 13.0. The van der Waals surface area contributed by atoms with E-state index in [9.17, 15) is 29.1 Å². The molecule has 0 aromatic heterocycles. The van der Waals surface area contributed by atoms with Crippen LogP contribution in [0.15, 0.2) is 91.1 Å². The number of rotatable bonds is 16. The fraction of sp³-hybridized carbons (Fsp3) is 0.367. The number of aromatic hydroxyl groups is 1. The van der Waals surface area contributed by atoms with Crippen molar-refractivity contribution < 1.29 is 43.0 Å². The van der Waals surface area contributed by atoms with Gasteiger partial charge in [-0.3, -0.25) is 14.4 Å². The first-order chi connectivity index (χ1) is 30.8. The quantitative estimate of drug-likeness (QED) is 0.0298. The van der Waals surface area contributed by atoms with Crippen LogP contribution in [0.25, 0.3) is 16.7 Å². The molecule has 0 saturated heterocycles. The molecule has 0 saturated carbocycles. The fourth-order valence-corrected chi connectivity index (χ4v) is 9.55. The van der Waals surface area contributed by atoms with Crippen molar-refractivity contribution in [2.45, 2.75) is 96.4 Å². The molecule has 0 spiro atoms. The summed E-state index contributed by atoms with van der Waals surface area (Å²) in [5, 5.41) is 13.3. The standard InChI is InChI=1S/C49H57BN5O9Si/c1-28(2)43(44(58)48(61)63-26-38-35-16-12-10-14-33(35)34-15-11-13-17-36(34)38)51-45(59)29(3)52-53-32-20-18-30(19-21-32)31-22-40-47(64-65(8,9)49(4,5)6)55(50-27-56)39-24-41(57)42(62-7)23-37(39)46(60)54(40)25-31/h10-21,23-25,27-29,38,40,43,47,52-53,57H,22,26H2,1-9H3,(H,51,59)/t29-,40?,43?,47-/m0/s1. The molecule has 1 aliphatic carbocycles. The molecule has 16 heteroatoms. The Hall–Kier alpha value is -6.23. The topological polar surface area (TPSA) is 176 Å². The number of Topliss-reactive ketones (excluding diaryl/α,β-unsaturated/α-hetero) is 1. The van der Waals surface area contributed by atoms with Gasteiger partial charge in [-0.2, -0.15) is 0 Å². The average molecular weight is 899 g/mol. The molecule has 14 nitrogen and oxygen atoms in total. The van der Waals surface area contributed by atoms with Crippen molar-refractivity contribution in [1.29, 1.82) is 0 Å². The molecule has 2 amide bonds. The van der Waals surface area contributed by atoms with Gasteiger partial charge in [0.05, 0.1) is 18.7 Å². The minimum Gasteiger partial charge on any atom is -0.504 e. The number of nitrogens with zero attached hydrogens (tertiary/aromatic N) is 2. The SMILES string of the molecule is COc1cc2c(cc1O)N([B]C=O)[C@@H](O[Si](C)(C)C(C)(C)C)C1CC(c3ccc(NN[C@@H](C)C(=O)NC(C(=O)C(=O)OCC4c5ccccc5-c5ccccc54)C(C)C)cc3)=CN1C2=O. The summed E-state index contributed by atoms with van der Waals surface area (Å²) < 4.78 is 18.0. The number of phenols is 1. The second kappa shape index (κ2) is 18.7. The van der Waals surface area contributed by atoms with Crippen LogP contribution >= 0.6 is 0 Å². The van der Waals surface area contributed by atoms with Gasteiger partial charge in [-0.15, -0.1) is 0 Å². The number of esters is 1. The fourth-order valence-electron chi connectivity index (χ4n) is 8.33. The third kappa shape index (κ3) is 9.33. The van der Waals surface area contributed by atoms with E-state index in [1.54, 1.807) is 30.5 Å². The molecule has 2 heterocycles. The van der Waals surface area contributed by atoms with Gasteiger partial charge in [-0.25, -0.2) is 10.2 Å². The number of nitrogens with one attached hydrogen (secondary N) is 3. The largest absolute Gasteiger partial charge is 0.504 e. The monoisotopic (exact) mass is 898 g/mol. The van der Waals surface area contributed by atoms with Crippen molar-refractivity contribution in [2.75, 3.05) is 24.0 Å². The smallest absolute Gasteiger partial charge is 0.376 e. The Balaban J connectivity index is 1.01. The number of methoxy groups -OCH3 is 1. The van der Waals surface area contributed by atoms with E-state index < -0.39 is 56.2 Å². The zero-order valence-corrected chi connectivity index (χ0v) is 39.3. The molecular weight excluding hydrogens is 841 g/mol. The molecule has 339 valence electrons. The highest BCUT2D eigenvalue weighted by atomic mass is 28.4. The third-order valence-corrected chi connectivity index (χ3v) is 17.5. The van der Waals surface area contributed by atoms with Crippen molar-refractivity contribution in [3.05, 3.63) is 113 Å². The van der Waals surface area contributed by atoms with E-state index in [0.29, 0.717) is 24.0 Å². The maximum atomic E-state index is 14.4. The number of hydrogen-bond donors (Lipinski definition) is 4. The molecule has 0 bridgehead atoms. The molecule has 0 fully saturated rings. The Morgan fingerprint density at radius 3 is 2.15 bits per heavy atom. The van der Waals surface area contributed by atoms with E-state index in [2.05, 4.69) is 50.0 Å². The first-order valence-corrected chi connectivity index (χ1v) is 24.8. The van der Waals surface area contributed by atoms with Crippen molar-refractivity contribution in [2.24, 2.45) is 5.92 Å². The molecule has 3 aliphatic rings. The molecule has 4 N–H and O–H groups in total. The lowest BCUT2D eigenvalue weighted by atomic mass is 9.90. The molecule has 2 unspecified atom stereocenters. The number of carbonyl (C=O) groups excluding carboxylic acids is 5. The highest BCUT2D eigenvalue weighted by molar-refractivity contribution is 6.74. The predicted octanol–water partition coefficient (Wildman–Crippen LogP) is 7.00. The lowest BCUT2D eigenvalue weighted by Gasteiger charge is -2.45. The van der Waals surface area contributed by atoms with Crippen LogP contribution in [0, 0.1) is 5.92 Å². The molecule has 4 aromatic rings. The summed E-state index contributed by atoms with van der Waals surface area (Å²) in [6, 6.07) is 23.8. The van der Waals surface area contributed by atoms with Crippen molar-refractivity contribution in [1.82, 2.24) is 15.6 Å². The molecule has 2 aliphatic heterocycles. The van der Waals surface area contributed by atoms with Crippen LogP contribution in [0.3, 0.4) is 0 Å². The maximum Gasteiger partial charge on any atom is 0.376 e. The zero-order chi connectivity index (χ0) is 47.0. The lowest BCUT2D eigenvalue weighted by Crippen LogP contribution is -2.57. The minimum absolute atomic E-state index is 0.00651. The number of benzene rings is 4. The Morgan fingerprint density at radius 2 is 1.57 bits per heavy atom. The first kappa shape index (κ1) is 46.8. The van der Waals surface area contributed by atoms with E-state index in [1.807, 2.05) is 79.0 Å². The number of ketones is 1. The van der Waals surface area contributed by atoms with Gasteiger partial charge >= 0.3 is 13.4 Å².